The Bertz CT molecular complexity index is 575. The van der Waals surface area contributed by atoms with Crippen molar-refractivity contribution in [2.45, 2.75) is 56.9 Å². The number of aliphatic hydroxyl groups is 1. The van der Waals surface area contributed by atoms with Gasteiger partial charge in [0.2, 0.25) is 0 Å². The molecule has 1 aromatic carbocycles. The number of amides is 2. The summed E-state index contributed by atoms with van der Waals surface area (Å²) >= 11 is 0. The van der Waals surface area contributed by atoms with Crippen LogP contribution in [0.5, 0.6) is 0 Å². The lowest BCUT2D eigenvalue weighted by atomic mass is 9.86. The molecule has 2 saturated carbocycles. The summed E-state index contributed by atoms with van der Waals surface area (Å²) in [5.41, 5.74) is 2.85. The van der Waals surface area contributed by atoms with Crippen LogP contribution < -0.4 is 5.32 Å². The largest absolute Gasteiger partial charge is 0.396 e. The number of nitrogens with one attached hydrogen (secondary N) is 1. The number of carbonyl (C=O) groups excluding carboxylic acids is 1. The van der Waals surface area contributed by atoms with Gasteiger partial charge in [0.15, 0.2) is 0 Å². The molecule has 0 radical (unpaired) electrons. The van der Waals surface area contributed by atoms with Crippen molar-refractivity contribution in [2.24, 2.45) is 5.92 Å². The number of nitrogens with zero attached hydrogens (tertiary/aromatic N) is 1. The lowest BCUT2D eigenvalue weighted by Crippen LogP contribution is -2.47. The van der Waals surface area contributed by atoms with E-state index in [0.717, 1.165) is 45.1 Å². The van der Waals surface area contributed by atoms with E-state index in [-0.39, 0.29) is 18.1 Å². The Morgan fingerprint density at radius 1 is 1.25 bits per heavy atom. The number of hydrogen-bond acceptors (Lipinski definition) is 2. The molecular formula is C20H30N2O2. The third-order valence-electron chi connectivity index (χ3n) is 6.09. The van der Waals surface area contributed by atoms with Gasteiger partial charge in [-0.15, -0.1) is 0 Å². The maximum atomic E-state index is 12.5. The molecule has 4 heteroatoms. The lowest BCUT2D eigenvalue weighted by Gasteiger charge is -2.34. The first-order valence-electron chi connectivity index (χ1n) is 9.23. The molecule has 0 unspecified atom stereocenters. The van der Waals surface area contributed by atoms with E-state index in [1.807, 2.05) is 11.9 Å². The van der Waals surface area contributed by atoms with Crippen molar-refractivity contribution in [3.8, 4) is 0 Å². The van der Waals surface area contributed by atoms with E-state index in [1.165, 1.54) is 11.1 Å². The van der Waals surface area contributed by atoms with E-state index in [4.69, 9.17) is 0 Å². The fourth-order valence-electron chi connectivity index (χ4n) is 4.11. The number of aryl methyl sites for hydroxylation is 1. The highest BCUT2D eigenvalue weighted by molar-refractivity contribution is 5.74. The molecule has 2 aliphatic carbocycles. The Kier molecular flexibility index (Phi) is 5.14. The number of aliphatic hydroxyl groups excluding tert-OH is 1. The standard InChI is InChI=1S/C20H30N2O2/c1-15-5-3-4-6-18(15)20(11-12-20)14-21-19(24)22(2)17-9-7-16(13-23)8-10-17/h3-6,16-17,23H,7-14H2,1-2H3,(H,21,24). The van der Waals surface area contributed by atoms with Gasteiger partial charge in [-0.1, -0.05) is 24.3 Å². The molecule has 0 aromatic heterocycles. The monoisotopic (exact) mass is 330 g/mol. The quantitative estimate of drug-likeness (QED) is 0.871. The normalized spacial score (nSPS) is 25.1. The molecular weight excluding hydrogens is 300 g/mol. The number of benzene rings is 1. The fourth-order valence-corrected chi connectivity index (χ4v) is 4.11. The number of hydrogen-bond donors (Lipinski definition) is 2. The van der Waals surface area contributed by atoms with Crippen molar-refractivity contribution < 1.29 is 9.90 Å². The summed E-state index contributed by atoms with van der Waals surface area (Å²) in [6.45, 7) is 3.16. The van der Waals surface area contributed by atoms with E-state index in [1.54, 1.807) is 0 Å². The Hall–Kier alpha value is -1.55. The number of carbonyl (C=O) groups is 1. The minimum atomic E-state index is 0.0438. The van der Waals surface area contributed by atoms with Crippen LogP contribution in [0.3, 0.4) is 0 Å². The topological polar surface area (TPSA) is 52.6 Å². The third-order valence-corrected chi connectivity index (χ3v) is 6.09. The highest BCUT2D eigenvalue weighted by Gasteiger charge is 2.45. The predicted molar refractivity (Wildman–Crippen MR) is 96.1 cm³/mol. The Morgan fingerprint density at radius 3 is 2.50 bits per heavy atom. The predicted octanol–water partition coefficient (Wildman–Crippen LogP) is 3.22. The molecule has 2 N–H and O–H groups in total. The van der Waals surface area contributed by atoms with Gasteiger partial charge in [-0.05, 0) is 62.5 Å². The van der Waals surface area contributed by atoms with Gasteiger partial charge >= 0.3 is 6.03 Å². The molecule has 0 saturated heterocycles. The van der Waals surface area contributed by atoms with Crippen molar-refractivity contribution in [3.05, 3.63) is 35.4 Å². The van der Waals surface area contributed by atoms with Crippen molar-refractivity contribution in [1.29, 1.82) is 0 Å². The van der Waals surface area contributed by atoms with Crippen LogP contribution in [-0.4, -0.2) is 42.3 Å². The van der Waals surface area contributed by atoms with Crippen LogP contribution in [0.4, 0.5) is 4.79 Å². The van der Waals surface area contributed by atoms with Gasteiger partial charge in [0, 0.05) is 31.7 Å². The molecule has 0 bridgehead atoms. The maximum Gasteiger partial charge on any atom is 0.317 e. The summed E-state index contributed by atoms with van der Waals surface area (Å²) in [6, 6.07) is 8.88. The molecule has 2 fully saturated rings. The van der Waals surface area contributed by atoms with Crippen molar-refractivity contribution >= 4 is 6.03 Å². The van der Waals surface area contributed by atoms with Gasteiger partial charge in [-0.3, -0.25) is 0 Å². The van der Waals surface area contributed by atoms with Gasteiger partial charge in [0.05, 0.1) is 0 Å². The summed E-state index contributed by atoms with van der Waals surface area (Å²) in [7, 11) is 1.91. The van der Waals surface area contributed by atoms with Crippen molar-refractivity contribution in [3.63, 3.8) is 0 Å². The molecule has 2 amide bonds. The van der Waals surface area contributed by atoms with Crippen LogP contribution in [0.15, 0.2) is 24.3 Å². The second-order valence-electron chi connectivity index (χ2n) is 7.72. The molecule has 3 rings (SSSR count). The van der Waals surface area contributed by atoms with E-state index < -0.39 is 0 Å². The van der Waals surface area contributed by atoms with Crippen LogP contribution in [0.25, 0.3) is 0 Å². The molecule has 0 atom stereocenters. The van der Waals surface area contributed by atoms with E-state index in [0.29, 0.717) is 12.0 Å². The van der Waals surface area contributed by atoms with Gasteiger partial charge in [0.1, 0.15) is 0 Å². The first kappa shape index (κ1) is 17.3. The molecule has 0 aliphatic heterocycles. The number of rotatable bonds is 5. The SMILES string of the molecule is Cc1ccccc1C1(CNC(=O)N(C)C2CCC(CO)CC2)CC1. The smallest absolute Gasteiger partial charge is 0.317 e. The van der Waals surface area contributed by atoms with Gasteiger partial charge in [-0.2, -0.15) is 0 Å². The molecule has 132 valence electrons. The minimum absolute atomic E-state index is 0.0438. The van der Waals surface area contributed by atoms with Crippen LogP contribution in [-0.2, 0) is 5.41 Å². The van der Waals surface area contributed by atoms with Crippen LogP contribution in [0.1, 0.15) is 49.7 Å². The van der Waals surface area contributed by atoms with Gasteiger partial charge in [-0.25, -0.2) is 4.79 Å². The average Bonchev–Trinajstić information content (AvgIpc) is 3.40. The van der Waals surface area contributed by atoms with Crippen molar-refractivity contribution in [2.75, 3.05) is 20.2 Å². The highest BCUT2D eigenvalue weighted by Crippen LogP contribution is 2.48. The molecule has 4 nitrogen and oxygen atoms in total. The van der Waals surface area contributed by atoms with E-state index in [2.05, 4.69) is 36.5 Å². The first-order chi connectivity index (χ1) is 11.6. The van der Waals surface area contributed by atoms with Crippen LogP contribution in [0, 0.1) is 12.8 Å². The second kappa shape index (κ2) is 7.14. The molecule has 1 aromatic rings. The zero-order chi connectivity index (χ0) is 17.2. The Balaban J connectivity index is 1.53. The number of urea groups is 1. The van der Waals surface area contributed by atoms with E-state index >= 15 is 0 Å². The fraction of sp³-hybridized carbons (Fsp3) is 0.650. The summed E-state index contributed by atoms with van der Waals surface area (Å²) in [5, 5.41) is 12.4. The first-order valence-corrected chi connectivity index (χ1v) is 9.23. The molecule has 0 spiro atoms. The Labute approximate surface area is 145 Å². The zero-order valence-electron chi connectivity index (χ0n) is 14.9. The van der Waals surface area contributed by atoms with Gasteiger partial charge < -0.3 is 15.3 Å². The Morgan fingerprint density at radius 2 is 1.92 bits per heavy atom. The maximum absolute atomic E-state index is 12.5. The van der Waals surface area contributed by atoms with Gasteiger partial charge in [0.25, 0.3) is 0 Å². The highest BCUT2D eigenvalue weighted by atomic mass is 16.3. The summed E-state index contributed by atoms with van der Waals surface area (Å²) in [5.74, 6) is 0.425. The average molecular weight is 330 g/mol. The van der Waals surface area contributed by atoms with E-state index in [9.17, 15) is 9.90 Å². The summed E-state index contributed by atoms with van der Waals surface area (Å²) in [4.78, 5) is 14.4. The summed E-state index contributed by atoms with van der Waals surface area (Å²) < 4.78 is 0. The van der Waals surface area contributed by atoms with Crippen molar-refractivity contribution in [1.82, 2.24) is 10.2 Å². The van der Waals surface area contributed by atoms with Crippen LogP contribution >= 0.6 is 0 Å². The lowest BCUT2D eigenvalue weighted by molar-refractivity contribution is 0.134. The van der Waals surface area contributed by atoms with Crippen LogP contribution in [0.2, 0.25) is 0 Å². The minimum Gasteiger partial charge on any atom is -0.396 e. The zero-order valence-corrected chi connectivity index (χ0v) is 14.9. The second-order valence-corrected chi connectivity index (χ2v) is 7.72. The summed E-state index contributed by atoms with van der Waals surface area (Å²) in [6.07, 6.45) is 6.35. The molecule has 24 heavy (non-hydrogen) atoms. The third kappa shape index (κ3) is 3.59. The molecule has 0 heterocycles. The molecule has 2 aliphatic rings.